The van der Waals surface area contributed by atoms with Crippen molar-refractivity contribution in [2.45, 2.75) is 42.7 Å². The lowest BCUT2D eigenvalue weighted by atomic mass is 9.83. The molecule has 0 bridgehead atoms. The molecule has 0 aromatic carbocycles. The summed E-state index contributed by atoms with van der Waals surface area (Å²) in [4.78, 5) is 0. The lowest BCUT2D eigenvalue weighted by Crippen LogP contribution is -2.54. The quantitative estimate of drug-likeness (QED) is 0.828. The molecule has 1 aliphatic carbocycles. The summed E-state index contributed by atoms with van der Waals surface area (Å²) in [6, 6.07) is 1.50. The minimum absolute atomic E-state index is 0.181. The fourth-order valence-electron chi connectivity index (χ4n) is 2.54. The number of aryl methyl sites for hydroxylation is 1. The van der Waals surface area contributed by atoms with Crippen LogP contribution >= 0.6 is 0 Å². The van der Waals surface area contributed by atoms with E-state index in [-0.39, 0.29) is 5.03 Å². The summed E-state index contributed by atoms with van der Waals surface area (Å²) in [6.07, 6.45) is 6.27. The molecule has 1 saturated carbocycles. The molecule has 102 valence electrons. The maximum Gasteiger partial charge on any atom is 0.258 e. The predicted octanol–water partition coefficient (Wildman–Crippen LogP) is 0.360. The Hall–Kier alpha value is -0.920. The van der Waals surface area contributed by atoms with Gasteiger partial charge in [-0.05, 0) is 18.9 Å². The minimum Gasteiger partial charge on any atom is -0.329 e. The summed E-state index contributed by atoms with van der Waals surface area (Å²) in [5.41, 5.74) is 5.30. The molecule has 1 fully saturated rings. The van der Waals surface area contributed by atoms with Crippen molar-refractivity contribution in [2.75, 3.05) is 6.54 Å². The second-order valence-corrected chi connectivity index (χ2v) is 6.57. The normalized spacial score (nSPS) is 19.9. The van der Waals surface area contributed by atoms with Crippen molar-refractivity contribution in [3.63, 3.8) is 0 Å². The highest BCUT2D eigenvalue weighted by molar-refractivity contribution is 7.89. The van der Waals surface area contributed by atoms with E-state index < -0.39 is 15.6 Å². The molecule has 0 amide bonds. The highest BCUT2D eigenvalue weighted by Gasteiger charge is 2.36. The third kappa shape index (κ3) is 2.57. The van der Waals surface area contributed by atoms with Crippen molar-refractivity contribution in [3.8, 4) is 0 Å². The number of nitrogens with two attached hydrogens (primary N) is 1. The van der Waals surface area contributed by atoms with E-state index >= 15 is 0 Å². The Morgan fingerprint density at radius 3 is 2.61 bits per heavy atom. The smallest absolute Gasteiger partial charge is 0.258 e. The van der Waals surface area contributed by atoms with Crippen molar-refractivity contribution in [1.29, 1.82) is 0 Å². The van der Waals surface area contributed by atoms with Gasteiger partial charge in [0.15, 0.2) is 5.03 Å². The van der Waals surface area contributed by atoms with Gasteiger partial charge in [-0.2, -0.15) is 5.10 Å². The van der Waals surface area contributed by atoms with Gasteiger partial charge in [0.05, 0.1) is 6.20 Å². The second-order valence-electron chi connectivity index (χ2n) is 4.94. The number of sulfonamides is 1. The lowest BCUT2D eigenvalue weighted by molar-refractivity contribution is 0.276. The number of nitrogens with zero attached hydrogens (tertiary/aromatic N) is 2. The molecule has 0 radical (unpaired) electrons. The first-order valence-electron chi connectivity index (χ1n) is 6.21. The van der Waals surface area contributed by atoms with E-state index in [9.17, 15) is 8.42 Å². The summed E-state index contributed by atoms with van der Waals surface area (Å²) in [7, 11) is -1.93. The van der Waals surface area contributed by atoms with Crippen molar-refractivity contribution in [1.82, 2.24) is 14.5 Å². The van der Waals surface area contributed by atoms with E-state index in [4.69, 9.17) is 5.73 Å². The highest BCUT2D eigenvalue weighted by atomic mass is 32.2. The van der Waals surface area contributed by atoms with Gasteiger partial charge < -0.3 is 5.73 Å². The topological polar surface area (TPSA) is 90.0 Å². The van der Waals surface area contributed by atoms with Crippen LogP contribution in [0.2, 0.25) is 0 Å². The van der Waals surface area contributed by atoms with Crippen molar-refractivity contribution in [3.05, 3.63) is 12.3 Å². The number of rotatable bonds is 4. The molecule has 2 rings (SSSR count). The Kier molecular flexibility index (Phi) is 3.74. The zero-order chi connectivity index (χ0) is 13.2. The maximum atomic E-state index is 12.3. The fraction of sp³-hybridized carbons (Fsp3) is 0.727. The van der Waals surface area contributed by atoms with Crippen LogP contribution in [0.15, 0.2) is 17.3 Å². The molecule has 0 aliphatic heterocycles. The molecule has 7 heteroatoms. The van der Waals surface area contributed by atoms with E-state index in [2.05, 4.69) is 9.82 Å². The minimum atomic E-state index is -3.55. The first kappa shape index (κ1) is 13.5. The summed E-state index contributed by atoms with van der Waals surface area (Å²) in [5, 5.41) is 4.07. The largest absolute Gasteiger partial charge is 0.329 e. The van der Waals surface area contributed by atoms with Crippen LogP contribution in [-0.4, -0.2) is 30.3 Å². The molecule has 3 N–H and O–H groups in total. The molecule has 1 aliphatic rings. The zero-order valence-corrected chi connectivity index (χ0v) is 11.4. The van der Waals surface area contributed by atoms with Crippen LogP contribution in [0.3, 0.4) is 0 Å². The molecule has 0 spiro atoms. The highest BCUT2D eigenvalue weighted by Crippen LogP contribution is 2.28. The first-order valence-corrected chi connectivity index (χ1v) is 7.69. The maximum absolute atomic E-state index is 12.3. The molecular formula is C11H20N4O2S. The molecule has 18 heavy (non-hydrogen) atoms. The Bertz CT molecular complexity index is 503. The Morgan fingerprint density at radius 1 is 1.44 bits per heavy atom. The van der Waals surface area contributed by atoms with Crippen molar-refractivity contribution < 1.29 is 8.42 Å². The fourth-order valence-corrected chi connectivity index (χ4v) is 4.14. The van der Waals surface area contributed by atoms with E-state index in [0.29, 0.717) is 6.54 Å². The summed E-state index contributed by atoms with van der Waals surface area (Å²) < 4.78 is 28.8. The van der Waals surface area contributed by atoms with Gasteiger partial charge >= 0.3 is 0 Å². The van der Waals surface area contributed by atoms with E-state index in [0.717, 1.165) is 32.1 Å². The molecule has 1 heterocycles. The van der Waals surface area contributed by atoms with E-state index in [1.165, 1.54) is 16.9 Å². The SMILES string of the molecule is Cn1nccc1S(=O)(=O)NC1(CN)CCCCC1. The van der Waals surface area contributed by atoms with Gasteiger partial charge in [0.2, 0.25) is 0 Å². The molecule has 1 aromatic heterocycles. The van der Waals surface area contributed by atoms with Crippen LogP contribution in [0.5, 0.6) is 0 Å². The van der Waals surface area contributed by atoms with Crippen LogP contribution in [0.25, 0.3) is 0 Å². The Labute approximate surface area is 108 Å². The monoisotopic (exact) mass is 272 g/mol. The summed E-state index contributed by atoms with van der Waals surface area (Å²) in [5.74, 6) is 0. The standard InChI is InChI=1S/C11H20N4O2S/c1-15-10(5-8-13-15)18(16,17)14-11(9-12)6-3-2-4-7-11/h5,8,14H,2-4,6-7,9,12H2,1H3. The third-order valence-electron chi connectivity index (χ3n) is 3.60. The number of nitrogens with one attached hydrogen (secondary N) is 1. The van der Waals surface area contributed by atoms with Gasteiger partial charge in [0.25, 0.3) is 10.0 Å². The average molecular weight is 272 g/mol. The van der Waals surface area contributed by atoms with Crippen LogP contribution in [-0.2, 0) is 17.1 Å². The molecule has 0 unspecified atom stereocenters. The first-order chi connectivity index (χ1) is 8.49. The van der Waals surface area contributed by atoms with Gasteiger partial charge in [-0.15, -0.1) is 0 Å². The average Bonchev–Trinajstić information content (AvgIpc) is 2.77. The second kappa shape index (κ2) is 4.99. The molecule has 0 atom stereocenters. The van der Waals surface area contributed by atoms with Gasteiger partial charge in [0, 0.05) is 19.1 Å². The van der Waals surface area contributed by atoms with Crippen molar-refractivity contribution in [2.24, 2.45) is 12.8 Å². The summed E-state index contributed by atoms with van der Waals surface area (Å²) >= 11 is 0. The summed E-state index contributed by atoms with van der Waals surface area (Å²) in [6.45, 7) is 0.337. The van der Waals surface area contributed by atoms with E-state index in [1.807, 2.05) is 0 Å². The molecular weight excluding hydrogens is 252 g/mol. The van der Waals surface area contributed by atoms with Gasteiger partial charge in [-0.3, -0.25) is 4.68 Å². The van der Waals surface area contributed by atoms with Crippen LogP contribution in [0.1, 0.15) is 32.1 Å². The molecule has 0 saturated heterocycles. The van der Waals surface area contributed by atoms with Crippen LogP contribution < -0.4 is 10.5 Å². The van der Waals surface area contributed by atoms with Gasteiger partial charge in [-0.1, -0.05) is 19.3 Å². The Morgan fingerprint density at radius 2 is 2.11 bits per heavy atom. The lowest BCUT2D eigenvalue weighted by Gasteiger charge is -2.36. The van der Waals surface area contributed by atoms with Crippen LogP contribution in [0, 0.1) is 0 Å². The van der Waals surface area contributed by atoms with Crippen molar-refractivity contribution >= 4 is 10.0 Å². The number of hydrogen-bond donors (Lipinski definition) is 2. The van der Waals surface area contributed by atoms with Crippen LogP contribution in [0.4, 0.5) is 0 Å². The zero-order valence-electron chi connectivity index (χ0n) is 10.6. The predicted molar refractivity (Wildman–Crippen MR) is 68.4 cm³/mol. The number of hydrogen-bond acceptors (Lipinski definition) is 4. The third-order valence-corrected chi connectivity index (χ3v) is 5.26. The van der Waals surface area contributed by atoms with Gasteiger partial charge in [-0.25, -0.2) is 13.1 Å². The molecule has 1 aromatic rings. The Balaban J connectivity index is 2.24. The van der Waals surface area contributed by atoms with E-state index in [1.54, 1.807) is 7.05 Å². The van der Waals surface area contributed by atoms with Gasteiger partial charge in [0.1, 0.15) is 0 Å². The molecule has 6 nitrogen and oxygen atoms in total. The number of aromatic nitrogens is 2.